The molecule has 0 aromatic heterocycles. The second-order valence-electron chi connectivity index (χ2n) is 5.51. The fraction of sp³-hybridized carbons (Fsp3) is 0.625. The summed E-state index contributed by atoms with van der Waals surface area (Å²) in [4.78, 5) is 2.27. The van der Waals surface area contributed by atoms with Gasteiger partial charge in [-0.15, -0.1) is 0 Å². The van der Waals surface area contributed by atoms with Crippen LogP contribution in [0.5, 0.6) is 11.5 Å². The summed E-state index contributed by atoms with van der Waals surface area (Å²) in [6.45, 7) is 0.653. The number of benzene rings is 1. The van der Waals surface area contributed by atoms with E-state index in [1.807, 2.05) is 18.2 Å². The Balaban J connectivity index is 2.02. The molecule has 0 spiro atoms. The Morgan fingerprint density at radius 3 is 2.45 bits per heavy atom. The predicted octanol–water partition coefficient (Wildman–Crippen LogP) is 2.61. The first-order chi connectivity index (χ1) is 9.65. The number of nitrogens with zero attached hydrogens (tertiary/aromatic N) is 1. The molecular formula is C16H25NO3. The molecule has 0 heterocycles. The third-order valence-corrected chi connectivity index (χ3v) is 4.20. The van der Waals surface area contributed by atoms with Crippen molar-refractivity contribution in [2.75, 3.05) is 27.8 Å². The van der Waals surface area contributed by atoms with Crippen molar-refractivity contribution in [3.63, 3.8) is 0 Å². The molecule has 112 valence electrons. The number of aliphatic hydroxyl groups is 1. The summed E-state index contributed by atoms with van der Waals surface area (Å²) in [6, 6.07) is 6.21. The van der Waals surface area contributed by atoms with Crippen molar-refractivity contribution in [3.05, 3.63) is 23.8 Å². The zero-order valence-corrected chi connectivity index (χ0v) is 12.6. The smallest absolute Gasteiger partial charge is 0.161 e. The molecule has 1 aliphatic carbocycles. The Hall–Kier alpha value is -1.26. The van der Waals surface area contributed by atoms with Gasteiger partial charge in [0.1, 0.15) is 0 Å². The lowest BCUT2D eigenvalue weighted by Gasteiger charge is -2.26. The lowest BCUT2D eigenvalue weighted by molar-refractivity contribution is 0.105. The van der Waals surface area contributed by atoms with Crippen molar-refractivity contribution in [3.8, 4) is 11.5 Å². The summed E-state index contributed by atoms with van der Waals surface area (Å²) >= 11 is 0. The van der Waals surface area contributed by atoms with E-state index in [9.17, 15) is 5.11 Å². The molecule has 1 aromatic carbocycles. The highest BCUT2D eigenvalue weighted by atomic mass is 16.5. The van der Waals surface area contributed by atoms with Crippen LogP contribution < -0.4 is 9.47 Å². The SMILES string of the molecule is COc1ccc(C(O)CN(C)C2CCCC2)cc1OC. The van der Waals surface area contributed by atoms with Crippen LogP contribution in [0.4, 0.5) is 0 Å². The molecule has 0 amide bonds. The van der Waals surface area contributed by atoms with Crippen LogP contribution in [0, 0.1) is 0 Å². The molecule has 1 N–H and O–H groups in total. The highest BCUT2D eigenvalue weighted by molar-refractivity contribution is 5.43. The van der Waals surface area contributed by atoms with Crippen LogP contribution in [0.3, 0.4) is 0 Å². The van der Waals surface area contributed by atoms with E-state index < -0.39 is 6.10 Å². The Morgan fingerprint density at radius 2 is 1.85 bits per heavy atom. The van der Waals surface area contributed by atoms with Crippen molar-refractivity contribution < 1.29 is 14.6 Å². The van der Waals surface area contributed by atoms with Gasteiger partial charge in [0, 0.05) is 12.6 Å². The average Bonchev–Trinajstić information content (AvgIpc) is 3.00. The van der Waals surface area contributed by atoms with Crippen LogP contribution in [0.25, 0.3) is 0 Å². The van der Waals surface area contributed by atoms with Gasteiger partial charge in [0.2, 0.25) is 0 Å². The minimum Gasteiger partial charge on any atom is -0.493 e. The highest BCUT2D eigenvalue weighted by Gasteiger charge is 2.22. The topological polar surface area (TPSA) is 41.9 Å². The Bertz CT molecular complexity index is 430. The van der Waals surface area contributed by atoms with Crippen LogP contribution in [0.15, 0.2) is 18.2 Å². The molecule has 0 bridgehead atoms. The lowest BCUT2D eigenvalue weighted by Crippen LogP contribution is -2.33. The van der Waals surface area contributed by atoms with E-state index >= 15 is 0 Å². The zero-order chi connectivity index (χ0) is 14.5. The summed E-state index contributed by atoms with van der Waals surface area (Å²) in [7, 11) is 5.32. The zero-order valence-electron chi connectivity index (χ0n) is 12.6. The van der Waals surface area contributed by atoms with Crippen LogP contribution in [-0.4, -0.2) is 43.9 Å². The monoisotopic (exact) mass is 279 g/mol. The third-order valence-electron chi connectivity index (χ3n) is 4.20. The molecule has 1 unspecified atom stereocenters. The van der Waals surface area contributed by atoms with Crippen LogP contribution in [-0.2, 0) is 0 Å². The van der Waals surface area contributed by atoms with E-state index in [-0.39, 0.29) is 0 Å². The van der Waals surface area contributed by atoms with Gasteiger partial charge in [0.25, 0.3) is 0 Å². The van der Waals surface area contributed by atoms with Gasteiger partial charge in [0.05, 0.1) is 20.3 Å². The quantitative estimate of drug-likeness (QED) is 0.869. The maximum absolute atomic E-state index is 10.4. The Kier molecular flexibility index (Phi) is 5.26. The normalized spacial score (nSPS) is 17.4. The molecule has 1 saturated carbocycles. The van der Waals surface area contributed by atoms with Gasteiger partial charge < -0.3 is 19.5 Å². The molecule has 1 fully saturated rings. The Morgan fingerprint density at radius 1 is 1.20 bits per heavy atom. The first-order valence-corrected chi connectivity index (χ1v) is 7.26. The molecule has 1 aliphatic rings. The number of methoxy groups -OCH3 is 2. The van der Waals surface area contributed by atoms with Gasteiger partial charge in [-0.2, -0.15) is 0 Å². The summed E-state index contributed by atoms with van der Waals surface area (Å²) in [5, 5.41) is 10.4. The van der Waals surface area contributed by atoms with Crippen molar-refractivity contribution in [2.45, 2.75) is 37.8 Å². The van der Waals surface area contributed by atoms with Crippen molar-refractivity contribution in [1.29, 1.82) is 0 Å². The maximum Gasteiger partial charge on any atom is 0.161 e. The molecule has 4 nitrogen and oxygen atoms in total. The van der Waals surface area contributed by atoms with Crippen LogP contribution >= 0.6 is 0 Å². The predicted molar refractivity (Wildman–Crippen MR) is 79.4 cm³/mol. The molecule has 0 saturated heterocycles. The standard InChI is InChI=1S/C16H25NO3/c1-17(13-6-4-5-7-13)11-14(18)12-8-9-15(19-2)16(10-12)20-3/h8-10,13-14,18H,4-7,11H2,1-3H3. The molecule has 2 rings (SSSR count). The molecule has 4 heteroatoms. The van der Waals surface area contributed by atoms with Gasteiger partial charge in [-0.25, -0.2) is 0 Å². The van der Waals surface area contributed by atoms with Gasteiger partial charge in [0.15, 0.2) is 11.5 Å². The molecule has 0 aliphatic heterocycles. The van der Waals surface area contributed by atoms with E-state index in [4.69, 9.17) is 9.47 Å². The summed E-state index contributed by atoms with van der Waals surface area (Å²) in [6.07, 6.45) is 4.60. The highest BCUT2D eigenvalue weighted by Crippen LogP contribution is 2.31. The maximum atomic E-state index is 10.4. The molecule has 1 atom stereocenters. The number of hydrogen-bond acceptors (Lipinski definition) is 4. The first-order valence-electron chi connectivity index (χ1n) is 7.26. The third kappa shape index (κ3) is 3.44. The number of aliphatic hydroxyl groups excluding tert-OH is 1. The fourth-order valence-electron chi connectivity index (χ4n) is 2.93. The largest absolute Gasteiger partial charge is 0.493 e. The number of ether oxygens (including phenoxy) is 2. The molecule has 0 radical (unpaired) electrons. The minimum absolute atomic E-state index is 0.500. The van der Waals surface area contributed by atoms with E-state index in [2.05, 4.69) is 11.9 Å². The second kappa shape index (κ2) is 6.95. The number of hydrogen-bond donors (Lipinski definition) is 1. The first kappa shape index (κ1) is 15.1. The van der Waals surface area contributed by atoms with Gasteiger partial charge in [-0.3, -0.25) is 0 Å². The van der Waals surface area contributed by atoms with E-state index in [0.29, 0.717) is 24.1 Å². The average molecular weight is 279 g/mol. The van der Waals surface area contributed by atoms with Crippen LogP contribution in [0.2, 0.25) is 0 Å². The minimum atomic E-state index is -0.500. The lowest BCUT2D eigenvalue weighted by atomic mass is 10.1. The van der Waals surface area contributed by atoms with Gasteiger partial charge in [-0.05, 0) is 37.6 Å². The van der Waals surface area contributed by atoms with Crippen LogP contribution in [0.1, 0.15) is 37.4 Å². The van der Waals surface area contributed by atoms with Crippen molar-refractivity contribution >= 4 is 0 Å². The van der Waals surface area contributed by atoms with Gasteiger partial charge >= 0.3 is 0 Å². The van der Waals surface area contributed by atoms with Gasteiger partial charge in [-0.1, -0.05) is 18.9 Å². The Labute approximate surface area is 121 Å². The van der Waals surface area contributed by atoms with Crippen molar-refractivity contribution in [2.24, 2.45) is 0 Å². The second-order valence-corrected chi connectivity index (χ2v) is 5.51. The molecular weight excluding hydrogens is 254 g/mol. The number of likely N-dealkylation sites (N-methyl/N-ethyl adjacent to an activating group) is 1. The van der Waals surface area contributed by atoms with E-state index in [1.165, 1.54) is 25.7 Å². The van der Waals surface area contributed by atoms with E-state index in [0.717, 1.165) is 5.56 Å². The molecule has 1 aromatic rings. The molecule has 20 heavy (non-hydrogen) atoms. The van der Waals surface area contributed by atoms with E-state index in [1.54, 1.807) is 14.2 Å². The van der Waals surface area contributed by atoms with Crippen molar-refractivity contribution in [1.82, 2.24) is 4.90 Å². The summed E-state index contributed by atoms with van der Waals surface area (Å²) < 4.78 is 10.5. The fourth-order valence-corrected chi connectivity index (χ4v) is 2.93. The number of rotatable bonds is 6. The summed E-state index contributed by atoms with van der Waals surface area (Å²) in [5.41, 5.74) is 0.868. The summed E-state index contributed by atoms with van der Waals surface area (Å²) in [5.74, 6) is 1.35.